The number of hydrogen-bond acceptors (Lipinski definition) is 4. The Morgan fingerprint density at radius 2 is 2.04 bits per heavy atom. The Morgan fingerprint density at radius 3 is 2.64 bits per heavy atom. The van der Waals surface area contributed by atoms with Crippen molar-refractivity contribution in [2.75, 3.05) is 12.4 Å². The molecule has 3 N–H and O–H groups in total. The molecule has 1 aromatic rings. The van der Waals surface area contributed by atoms with E-state index < -0.39 is 29.0 Å². The molecule has 5 nitrogen and oxygen atoms in total. The summed E-state index contributed by atoms with van der Waals surface area (Å²) in [4.78, 5) is 18.0. The highest BCUT2D eigenvalue weighted by Crippen LogP contribution is 2.68. The molecule has 0 saturated heterocycles. The van der Waals surface area contributed by atoms with E-state index in [1.807, 2.05) is 0 Å². The summed E-state index contributed by atoms with van der Waals surface area (Å²) in [5.41, 5.74) is 3.80. The number of rotatable bonds is 3. The van der Waals surface area contributed by atoms with Crippen molar-refractivity contribution in [3.63, 3.8) is 0 Å². The minimum Gasteiger partial charge on any atom is -0.374 e. The number of anilines is 1. The lowest BCUT2D eigenvalue weighted by atomic mass is 9.92. The number of aliphatic imine (C=N–C) groups is 1. The number of carbonyl (C=O) groups excluding carboxylic acids is 1. The van der Waals surface area contributed by atoms with Crippen LogP contribution in [0.25, 0.3) is 0 Å². The molecule has 1 amide bonds. The van der Waals surface area contributed by atoms with Gasteiger partial charge < -0.3 is 11.1 Å². The number of carbonyl (C=O) groups is 1. The van der Waals surface area contributed by atoms with Gasteiger partial charge in [-0.1, -0.05) is 0 Å². The molecule has 1 heterocycles. The Morgan fingerprint density at radius 1 is 1.40 bits per heavy atom. The second kappa shape index (κ2) is 5.09. The molecule has 1 aliphatic heterocycles. The van der Waals surface area contributed by atoms with Crippen LogP contribution in [-0.2, 0) is 10.3 Å². The highest BCUT2D eigenvalue weighted by Gasteiger charge is 2.74. The first-order valence-electron chi connectivity index (χ1n) is 7.69. The van der Waals surface area contributed by atoms with E-state index in [0.29, 0.717) is 0 Å². The predicted molar refractivity (Wildman–Crippen MR) is 84.3 cm³/mol. The van der Waals surface area contributed by atoms with E-state index in [2.05, 4.69) is 10.3 Å². The third-order valence-corrected chi connectivity index (χ3v) is 5.11. The predicted octanol–water partition coefficient (Wildman–Crippen LogP) is 2.58. The standard InChI is InChI=1S/C16H18F4N4O/c1-8(16(18,19)20)22-9-4-5-11(17)10(6-9)15-7-14(15,2)12(25)24(3)13(21)23-15/h4-6,8,22H,7H2,1-3H3,(H2,21,23)/t8?,14?,15-/m1/s1. The zero-order chi connectivity index (χ0) is 18.8. The maximum absolute atomic E-state index is 14.4. The van der Waals surface area contributed by atoms with Crippen LogP contribution in [0.3, 0.4) is 0 Å². The molecule has 1 aromatic carbocycles. The van der Waals surface area contributed by atoms with Crippen LogP contribution in [-0.4, -0.2) is 36.0 Å². The topological polar surface area (TPSA) is 70.7 Å². The minimum absolute atomic E-state index is 0.0404. The Labute approximate surface area is 141 Å². The summed E-state index contributed by atoms with van der Waals surface area (Å²) in [5, 5.41) is 2.30. The number of nitrogens with two attached hydrogens (primary N) is 1. The van der Waals surface area contributed by atoms with Crippen molar-refractivity contribution in [2.45, 2.75) is 38.0 Å². The van der Waals surface area contributed by atoms with Crippen LogP contribution in [0, 0.1) is 11.2 Å². The van der Waals surface area contributed by atoms with Gasteiger partial charge in [-0.15, -0.1) is 0 Å². The molecule has 2 unspecified atom stereocenters. The van der Waals surface area contributed by atoms with Crippen molar-refractivity contribution >= 4 is 17.6 Å². The van der Waals surface area contributed by atoms with Crippen LogP contribution in [0.1, 0.15) is 25.8 Å². The number of nitrogens with zero attached hydrogens (tertiary/aromatic N) is 2. The molecule has 1 fully saturated rings. The van der Waals surface area contributed by atoms with E-state index in [9.17, 15) is 22.4 Å². The summed E-state index contributed by atoms with van der Waals surface area (Å²) < 4.78 is 52.6. The van der Waals surface area contributed by atoms with E-state index in [1.165, 1.54) is 24.1 Å². The van der Waals surface area contributed by atoms with Crippen LogP contribution in [0.2, 0.25) is 0 Å². The lowest BCUT2D eigenvalue weighted by molar-refractivity contribution is -0.138. The van der Waals surface area contributed by atoms with Gasteiger partial charge in [0, 0.05) is 18.3 Å². The summed E-state index contributed by atoms with van der Waals surface area (Å²) in [6, 6.07) is 1.77. The summed E-state index contributed by atoms with van der Waals surface area (Å²) in [6.45, 7) is 2.62. The largest absolute Gasteiger partial charge is 0.408 e. The molecular formula is C16H18F4N4O. The Kier molecular flexibility index (Phi) is 3.56. The van der Waals surface area contributed by atoms with Gasteiger partial charge in [0.15, 0.2) is 5.96 Å². The number of amides is 1. The molecule has 3 rings (SSSR count). The van der Waals surface area contributed by atoms with E-state index >= 15 is 0 Å². The van der Waals surface area contributed by atoms with E-state index in [1.54, 1.807) is 6.92 Å². The molecule has 1 aliphatic carbocycles. The molecule has 25 heavy (non-hydrogen) atoms. The van der Waals surface area contributed by atoms with Gasteiger partial charge in [0.1, 0.15) is 17.4 Å². The SMILES string of the molecule is CC(Nc1ccc(F)c([C@]23CC2(C)C(=O)N(C)C(N)=N3)c1)C(F)(F)F. The first-order valence-corrected chi connectivity index (χ1v) is 7.69. The molecular weight excluding hydrogens is 340 g/mol. The van der Waals surface area contributed by atoms with Crippen LogP contribution < -0.4 is 11.1 Å². The number of benzene rings is 1. The third kappa shape index (κ3) is 2.44. The molecule has 0 radical (unpaired) electrons. The van der Waals surface area contributed by atoms with Crippen molar-refractivity contribution in [1.29, 1.82) is 0 Å². The number of halogens is 4. The highest BCUT2D eigenvalue weighted by atomic mass is 19.4. The van der Waals surface area contributed by atoms with Crippen molar-refractivity contribution in [3.05, 3.63) is 29.6 Å². The van der Waals surface area contributed by atoms with Gasteiger partial charge in [0.25, 0.3) is 0 Å². The fourth-order valence-corrected chi connectivity index (χ4v) is 3.34. The highest BCUT2D eigenvalue weighted by molar-refractivity contribution is 6.04. The first kappa shape index (κ1) is 17.5. The Balaban J connectivity index is 2.02. The van der Waals surface area contributed by atoms with Gasteiger partial charge in [0.2, 0.25) is 5.91 Å². The van der Waals surface area contributed by atoms with Gasteiger partial charge in [0.05, 0.1) is 5.41 Å². The van der Waals surface area contributed by atoms with Gasteiger partial charge in [-0.25, -0.2) is 9.38 Å². The zero-order valence-corrected chi connectivity index (χ0v) is 13.9. The van der Waals surface area contributed by atoms with Crippen molar-refractivity contribution < 1.29 is 22.4 Å². The normalized spacial score (nSPS) is 29.8. The van der Waals surface area contributed by atoms with Crippen LogP contribution in [0.15, 0.2) is 23.2 Å². The Hall–Kier alpha value is -2.32. The molecule has 1 saturated carbocycles. The van der Waals surface area contributed by atoms with E-state index in [-0.39, 0.29) is 29.5 Å². The van der Waals surface area contributed by atoms with Crippen LogP contribution in [0.5, 0.6) is 0 Å². The average Bonchev–Trinajstić information content (AvgIpc) is 3.13. The summed E-state index contributed by atoms with van der Waals surface area (Å²) in [5.74, 6) is -0.967. The van der Waals surface area contributed by atoms with Gasteiger partial charge in [-0.3, -0.25) is 9.69 Å². The molecule has 2 aliphatic rings. The monoisotopic (exact) mass is 358 g/mol. The van der Waals surface area contributed by atoms with Crippen molar-refractivity contribution in [2.24, 2.45) is 16.1 Å². The lowest BCUT2D eigenvalue weighted by Crippen LogP contribution is -2.48. The maximum Gasteiger partial charge on any atom is 0.408 e. The first-order chi connectivity index (χ1) is 11.4. The summed E-state index contributed by atoms with van der Waals surface area (Å²) >= 11 is 0. The molecule has 9 heteroatoms. The van der Waals surface area contributed by atoms with Crippen molar-refractivity contribution in [3.8, 4) is 0 Å². The maximum atomic E-state index is 14.4. The number of fused-ring (bicyclic) bond motifs is 1. The average molecular weight is 358 g/mol. The summed E-state index contributed by atoms with van der Waals surface area (Å²) in [6.07, 6.45) is -4.19. The second-order valence-corrected chi connectivity index (χ2v) is 6.81. The fourth-order valence-electron chi connectivity index (χ4n) is 3.34. The Bertz CT molecular complexity index is 778. The number of guanidine groups is 1. The summed E-state index contributed by atoms with van der Waals surface area (Å²) in [7, 11) is 1.48. The number of hydrogen-bond donors (Lipinski definition) is 2. The van der Waals surface area contributed by atoms with Crippen LogP contribution >= 0.6 is 0 Å². The molecule has 0 bridgehead atoms. The lowest BCUT2D eigenvalue weighted by Gasteiger charge is -2.30. The van der Waals surface area contributed by atoms with Gasteiger partial charge in [-0.05, 0) is 38.5 Å². The molecule has 0 spiro atoms. The van der Waals surface area contributed by atoms with Gasteiger partial charge >= 0.3 is 6.18 Å². The van der Waals surface area contributed by atoms with E-state index in [0.717, 1.165) is 13.0 Å². The number of nitrogens with one attached hydrogen (secondary N) is 1. The van der Waals surface area contributed by atoms with Crippen LogP contribution in [0.4, 0.5) is 23.2 Å². The van der Waals surface area contributed by atoms with E-state index in [4.69, 9.17) is 5.73 Å². The quantitative estimate of drug-likeness (QED) is 0.816. The van der Waals surface area contributed by atoms with Crippen molar-refractivity contribution in [1.82, 2.24) is 4.90 Å². The van der Waals surface area contributed by atoms with Gasteiger partial charge in [-0.2, -0.15) is 13.2 Å². The fraction of sp³-hybridized carbons (Fsp3) is 0.500. The smallest absolute Gasteiger partial charge is 0.374 e. The molecule has 136 valence electrons. The number of alkyl halides is 3. The molecule has 0 aromatic heterocycles. The molecule has 3 atom stereocenters. The second-order valence-electron chi connectivity index (χ2n) is 6.81. The zero-order valence-electron chi connectivity index (χ0n) is 13.9. The third-order valence-electron chi connectivity index (χ3n) is 5.11. The minimum atomic E-state index is -4.44.